The Kier molecular flexibility index (Phi) is 4.39. The molecule has 0 aliphatic heterocycles. The van der Waals surface area contributed by atoms with Crippen LogP contribution in [0.4, 0.5) is 4.79 Å². The van der Waals surface area contributed by atoms with Gasteiger partial charge in [0.05, 0.1) is 0 Å². The smallest absolute Gasteiger partial charge is 0.407 e. The summed E-state index contributed by atoms with van der Waals surface area (Å²) in [5, 5.41) is 6.68. The summed E-state index contributed by atoms with van der Waals surface area (Å²) in [5.41, 5.74) is -0.416. The average Bonchev–Trinajstić information content (AvgIpc) is 3.00. The fourth-order valence-electron chi connectivity index (χ4n) is 2.84. The van der Waals surface area contributed by atoms with Crippen molar-refractivity contribution in [2.24, 2.45) is 5.92 Å². The molecule has 4 heteroatoms. The lowest BCUT2D eigenvalue weighted by Crippen LogP contribution is -2.40. The van der Waals surface area contributed by atoms with Gasteiger partial charge in [-0.2, -0.15) is 0 Å². The molecule has 0 spiro atoms. The molecule has 0 heterocycles. The highest BCUT2D eigenvalue weighted by atomic mass is 16.6. The summed E-state index contributed by atoms with van der Waals surface area (Å²) in [5.74, 6) is 0.887. The van der Waals surface area contributed by atoms with Crippen LogP contribution in [0, 0.1) is 5.92 Å². The zero-order chi connectivity index (χ0) is 14.0. The third-order valence-corrected chi connectivity index (χ3v) is 3.98. The first kappa shape index (κ1) is 14.6. The number of amides is 1. The molecule has 3 atom stereocenters. The molecule has 2 fully saturated rings. The monoisotopic (exact) mass is 268 g/mol. The maximum atomic E-state index is 11.7. The molecule has 0 radical (unpaired) electrons. The van der Waals surface area contributed by atoms with Crippen molar-refractivity contribution in [3.8, 4) is 0 Å². The first-order chi connectivity index (χ1) is 8.83. The van der Waals surface area contributed by atoms with Crippen molar-refractivity contribution in [2.45, 2.75) is 83.5 Å². The topological polar surface area (TPSA) is 50.4 Å². The Bertz CT molecular complexity index is 321. The van der Waals surface area contributed by atoms with E-state index in [1.165, 1.54) is 12.8 Å². The fraction of sp³-hybridized carbons (Fsp3) is 0.933. The zero-order valence-electron chi connectivity index (χ0n) is 12.7. The second kappa shape index (κ2) is 5.70. The van der Waals surface area contributed by atoms with Crippen molar-refractivity contribution in [1.82, 2.24) is 10.6 Å². The van der Waals surface area contributed by atoms with Gasteiger partial charge in [-0.25, -0.2) is 4.79 Å². The molecule has 110 valence electrons. The number of nitrogens with one attached hydrogen (secondary N) is 2. The molecule has 19 heavy (non-hydrogen) atoms. The van der Waals surface area contributed by atoms with Crippen LogP contribution in [0.3, 0.4) is 0 Å². The first-order valence-corrected chi connectivity index (χ1v) is 7.59. The number of carbonyl (C=O) groups excluding carboxylic acids is 1. The van der Waals surface area contributed by atoms with E-state index in [1.54, 1.807) is 0 Å². The maximum absolute atomic E-state index is 11.7. The van der Waals surface area contributed by atoms with E-state index >= 15 is 0 Å². The Hall–Kier alpha value is -0.770. The van der Waals surface area contributed by atoms with Crippen molar-refractivity contribution < 1.29 is 9.53 Å². The van der Waals surface area contributed by atoms with E-state index in [-0.39, 0.29) is 12.1 Å². The molecule has 4 nitrogen and oxygen atoms in total. The quantitative estimate of drug-likeness (QED) is 0.824. The minimum absolute atomic E-state index is 0.263. The lowest BCUT2D eigenvalue weighted by atomic mass is 10.1. The maximum Gasteiger partial charge on any atom is 0.407 e. The molecule has 0 aromatic rings. The van der Waals surface area contributed by atoms with Gasteiger partial charge in [0.1, 0.15) is 5.60 Å². The summed E-state index contributed by atoms with van der Waals surface area (Å²) in [7, 11) is 0. The fourth-order valence-corrected chi connectivity index (χ4v) is 2.84. The summed E-state index contributed by atoms with van der Waals surface area (Å²) >= 11 is 0. The van der Waals surface area contributed by atoms with E-state index in [4.69, 9.17) is 4.74 Å². The van der Waals surface area contributed by atoms with Gasteiger partial charge in [0.2, 0.25) is 0 Å². The van der Waals surface area contributed by atoms with Gasteiger partial charge in [0.25, 0.3) is 0 Å². The van der Waals surface area contributed by atoms with Crippen LogP contribution in [0.5, 0.6) is 0 Å². The van der Waals surface area contributed by atoms with Crippen molar-refractivity contribution >= 4 is 6.09 Å². The average molecular weight is 268 g/mol. The van der Waals surface area contributed by atoms with Crippen molar-refractivity contribution in [3.63, 3.8) is 0 Å². The van der Waals surface area contributed by atoms with Gasteiger partial charge in [-0.3, -0.25) is 0 Å². The van der Waals surface area contributed by atoms with Crippen LogP contribution in [-0.2, 0) is 4.74 Å². The molecule has 2 N–H and O–H groups in total. The number of ether oxygens (including phenoxy) is 1. The Balaban J connectivity index is 1.68. The van der Waals surface area contributed by atoms with Crippen LogP contribution in [0.1, 0.15) is 59.8 Å². The van der Waals surface area contributed by atoms with Gasteiger partial charge < -0.3 is 15.4 Å². The molecular weight excluding hydrogens is 240 g/mol. The normalized spacial score (nSPS) is 29.1. The predicted octanol–water partition coefficient (Wildman–Crippen LogP) is 2.82. The molecular formula is C15H28N2O2. The zero-order valence-corrected chi connectivity index (χ0v) is 12.7. The number of alkyl carbamates (subject to hydrolysis) is 1. The highest BCUT2D eigenvalue weighted by Gasteiger charge is 2.32. The molecule has 2 aliphatic rings. The molecule has 2 aliphatic carbocycles. The van der Waals surface area contributed by atoms with Crippen molar-refractivity contribution in [2.75, 3.05) is 0 Å². The largest absolute Gasteiger partial charge is 0.444 e. The van der Waals surface area contributed by atoms with Crippen LogP contribution >= 0.6 is 0 Å². The lowest BCUT2D eigenvalue weighted by Gasteiger charge is -2.22. The predicted molar refractivity (Wildman–Crippen MR) is 76.1 cm³/mol. The van der Waals surface area contributed by atoms with Gasteiger partial charge in [0, 0.05) is 18.1 Å². The Labute approximate surface area is 116 Å². The standard InChI is InChI=1S/C15H28N2O2/c1-10(11-5-6-11)16-12-7-8-13(9-12)17-14(18)19-15(2,3)4/h10-13,16H,5-9H2,1-4H3,(H,17,18)/t10?,12-,13-/m0/s1. The minimum Gasteiger partial charge on any atom is -0.444 e. The summed E-state index contributed by atoms with van der Waals surface area (Å²) in [6.45, 7) is 7.96. The van der Waals surface area contributed by atoms with Gasteiger partial charge in [-0.15, -0.1) is 0 Å². The molecule has 2 rings (SSSR count). The molecule has 2 saturated carbocycles. The van der Waals surface area contributed by atoms with Crippen molar-refractivity contribution in [3.05, 3.63) is 0 Å². The summed E-state index contributed by atoms with van der Waals surface area (Å²) in [4.78, 5) is 11.7. The van der Waals surface area contributed by atoms with Gasteiger partial charge in [-0.1, -0.05) is 0 Å². The Morgan fingerprint density at radius 3 is 2.37 bits per heavy atom. The second-order valence-electron chi connectivity index (χ2n) is 7.15. The number of carbonyl (C=O) groups is 1. The van der Waals surface area contributed by atoms with Crippen LogP contribution in [0.15, 0.2) is 0 Å². The van der Waals surface area contributed by atoms with Crippen molar-refractivity contribution in [1.29, 1.82) is 0 Å². The van der Waals surface area contributed by atoms with Crippen LogP contribution in [0.2, 0.25) is 0 Å². The summed E-state index contributed by atoms with van der Waals surface area (Å²) in [6, 6.07) is 1.44. The first-order valence-electron chi connectivity index (χ1n) is 7.59. The van der Waals surface area contributed by atoms with E-state index in [0.29, 0.717) is 12.1 Å². The molecule has 0 aromatic heterocycles. The van der Waals surface area contributed by atoms with E-state index in [1.807, 2.05) is 20.8 Å². The molecule has 1 unspecified atom stereocenters. The molecule has 0 bridgehead atoms. The van der Waals surface area contributed by atoms with E-state index in [2.05, 4.69) is 17.6 Å². The van der Waals surface area contributed by atoms with Crippen LogP contribution in [-0.4, -0.2) is 29.8 Å². The summed E-state index contributed by atoms with van der Waals surface area (Å²) < 4.78 is 5.29. The SMILES string of the molecule is CC(N[C@H]1CC[C@H](NC(=O)OC(C)(C)C)C1)C1CC1. The Morgan fingerprint density at radius 1 is 1.16 bits per heavy atom. The van der Waals surface area contributed by atoms with E-state index < -0.39 is 5.60 Å². The lowest BCUT2D eigenvalue weighted by molar-refractivity contribution is 0.0505. The third kappa shape index (κ3) is 5.01. The van der Waals surface area contributed by atoms with Gasteiger partial charge in [0.15, 0.2) is 0 Å². The number of hydrogen-bond acceptors (Lipinski definition) is 3. The highest BCUT2D eigenvalue weighted by Crippen LogP contribution is 2.33. The van der Waals surface area contributed by atoms with Crippen LogP contribution < -0.4 is 10.6 Å². The minimum atomic E-state index is -0.416. The van der Waals surface area contributed by atoms with Gasteiger partial charge >= 0.3 is 6.09 Å². The summed E-state index contributed by atoms with van der Waals surface area (Å²) in [6.07, 6.45) is 5.69. The van der Waals surface area contributed by atoms with E-state index in [0.717, 1.165) is 25.2 Å². The molecule has 0 aromatic carbocycles. The molecule has 0 saturated heterocycles. The van der Waals surface area contributed by atoms with Crippen LogP contribution in [0.25, 0.3) is 0 Å². The molecule has 1 amide bonds. The van der Waals surface area contributed by atoms with Gasteiger partial charge in [-0.05, 0) is 65.7 Å². The Morgan fingerprint density at radius 2 is 1.79 bits per heavy atom. The second-order valence-corrected chi connectivity index (χ2v) is 7.15. The number of rotatable bonds is 4. The third-order valence-electron chi connectivity index (χ3n) is 3.98. The van der Waals surface area contributed by atoms with E-state index in [9.17, 15) is 4.79 Å². The highest BCUT2D eigenvalue weighted by molar-refractivity contribution is 5.68. The number of hydrogen-bond donors (Lipinski definition) is 2.